The molecule has 0 aliphatic carbocycles. The summed E-state index contributed by atoms with van der Waals surface area (Å²) in [5.74, 6) is 2.32. The number of rotatable bonds is 6. The smallest absolute Gasteiger partial charge is 0.0679 e. The first-order valence-corrected chi connectivity index (χ1v) is 7.52. The van der Waals surface area contributed by atoms with Gasteiger partial charge in [-0.25, -0.2) is 0 Å². The standard InChI is InChI=1S/C14H21NOS/c16-14-7-9-15(11-14)8-4-10-17-12-13-5-2-1-3-6-13/h1-3,5-6,14,16H,4,7-12H2/t14-/m0/s1. The summed E-state index contributed by atoms with van der Waals surface area (Å²) in [6.45, 7) is 3.09. The largest absolute Gasteiger partial charge is 0.392 e. The van der Waals surface area contributed by atoms with Crippen molar-refractivity contribution in [3.05, 3.63) is 35.9 Å². The minimum atomic E-state index is -0.0769. The van der Waals surface area contributed by atoms with Crippen molar-refractivity contribution >= 4 is 11.8 Å². The van der Waals surface area contributed by atoms with E-state index in [0.29, 0.717) is 0 Å². The number of thioether (sulfide) groups is 1. The third-order valence-corrected chi connectivity index (χ3v) is 4.24. The molecule has 0 radical (unpaired) electrons. The molecule has 1 aromatic carbocycles. The van der Waals surface area contributed by atoms with E-state index < -0.39 is 0 Å². The third-order valence-electron chi connectivity index (χ3n) is 3.12. The van der Waals surface area contributed by atoms with Crippen molar-refractivity contribution in [3.63, 3.8) is 0 Å². The van der Waals surface area contributed by atoms with Crippen molar-refractivity contribution in [1.82, 2.24) is 4.90 Å². The maximum Gasteiger partial charge on any atom is 0.0679 e. The van der Waals surface area contributed by atoms with Crippen LogP contribution in [0, 0.1) is 0 Å². The van der Waals surface area contributed by atoms with Gasteiger partial charge in [-0.05, 0) is 30.7 Å². The van der Waals surface area contributed by atoms with Gasteiger partial charge in [0.25, 0.3) is 0 Å². The van der Waals surface area contributed by atoms with Gasteiger partial charge in [-0.15, -0.1) is 0 Å². The normalized spacial score (nSPS) is 20.9. The summed E-state index contributed by atoms with van der Waals surface area (Å²) < 4.78 is 0. The Hall–Kier alpha value is -0.510. The van der Waals surface area contributed by atoms with Gasteiger partial charge >= 0.3 is 0 Å². The molecule has 94 valence electrons. The van der Waals surface area contributed by atoms with Crippen molar-refractivity contribution in [2.24, 2.45) is 0 Å². The van der Waals surface area contributed by atoms with Crippen LogP contribution in [-0.2, 0) is 5.75 Å². The number of aliphatic hydroxyl groups is 1. The molecule has 1 atom stereocenters. The number of hydrogen-bond donors (Lipinski definition) is 1. The van der Waals surface area contributed by atoms with Crippen LogP contribution in [0.4, 0.5) is 0 Å². The lowest BCUT2D eigenvalue weighted by molar-refractivity contribution is 0.176. The van der Waals surface area contributed by atoms with Crippen LogP contribution in [0.5, 0.6) is 0 Å². The molecule has 1 N–H and O–H groups in total. The highest BCUT2D eigenvalue weighted by Gasteiger charge is 2.18. The zero-order chi connectivity index (χ0) is 11.9. The molecule has 1 saturated heterocycles. The number of aliphatic hydroxyl groups excluding tert-OH is 1. The summed E-state index contributed by atoms with van der Waals surface area (Å²) >= 11 is 2.00. The van der Waals surface area contributed by atoms with Crippen molar-refractivity contribution in [2.75, 3.05) is 25.4 Å². The summed E-state index contributed by atoms with van der Waals surface area (Å²) in [5.41, 5.74) is 1.41. The molecule has 1 fully saturated rings. The number of likely N-dealkylation sites (tertiary alicyclic amines) is 1. The van der Waals surface area contributed by atoms with Crippen LogP contribution in [0.15, 0.2) is 30.3 Å². The Morgan fingerprint density at radius 3 is 2.82 bits per heavy atom. The molecule has 2 rings (SSSR count). The van der Waals surface area contributed by atoms with E-state index in [0.717, 1.165) is 31.8 Å². The molecule has 1 aliphatic rings. The summed E-state index contributed by atoms with van der Waals surface area (Å²) in [6.07, 6.45) is 2.11. The van der Waals surface area contributed by atoms with Crippen LogP contribution in [-0.4, -0.2) is 41.5 Å². The first kappa shape index (κ1) is 12.9. The van der Waals surface area contributed by atoms with E-state index in [2.05, 4.69) is 35.2 Å². The first-order valence-electron chi connectivity index (χ1n) is 6.36. The van der Waals surface area contributed by atoms with Gasteiger partial charge in [0, 0.05) is 18.8 Å². The van der Waals surface area contributed by atoms with E-state index in [1.165, 1.54) is 17.7 Å². The molecule has 3 heteroatoms. The van der Waals surface area contributed by atoms with Crippen molar-refractivity contribution in [2.45, 2.75) is 24.7 Å². The predicted octanol–water partition coefficient (Wildman–Crippen LogP) is 2.38. The quantitative estimate of drug-likeness (QED) is 0.785. The Bertz CT molecular complexity index is 317. The molecule has 0 bridgehead atoms. The summed E-state index contributed by atoms with van der Waals surface area (Å²) in [5, 5.41) is 9.40. The van der Waals surface area contributed by atoms with Gasteiger partial charge in [-0.1, -0.05) is 30.3 Å². The van der Waals surface area contributed by atoms with Crippen molar-refractivity contribution in [3.8, 4) is 0 Å². The molecular weight excluding hydrogens is 230 g/mol. The third kappa shape index (κ3) is 4.70. The first-order chi connectivity index (χ1) is 8.34. The van der Waals surface area contributed by atoms with Crippen LogP contribution >= 0.6 is 11.8 Å². The maximum absolute atomic E-state index is 9.40. The number of β-amino-alcohol motifs (C(OH)–C–C–N with tert-alkyl or cyclic N) is 1. The Morgan fingerprint density at radius 2 is 2.12 bits per heavy atom. The van der Waals surface area contributed by atoms with E-state index in [4.69, 9.17) is 0 Å². The molecule has 0 saturated carbocycles. The lowest BCUT2D eigenvalue weighted by atomic mass is 10.2. The highest BCUT2D eigenvalue weighted by atomic mass is 32.2. The van der Waals surface area contributed by atoms with Gasteiger partial charge in [-0.3, -0.25) is 0 Å². The average Bonchev–Trinajstić information content (AvgIpc) is 2.76. The Kier molecular flexibility index (Phi) is 5.36. The van der Waals surface area contributed by atoms with Crippen LogP contribution in [0.3, 0.4) is 0 Å². The fourth-order valence-electron chi connectivity index (χ4n) is 2.17. The predicted molar refractivity (Wildman–Crippen MR) is 74.3 cm³/mol. The van der Waals surface area contributed by atoms with Crippen LogP contribution < -0.4 is 0 Å². The zero-order valence-electron chi connectivity index (χ0n) is 10.2. The van der Waals surface area contributed by atoms with E-state index in [1.54, 1.807) is 0 Å². The molecule has 2 nitrogen and oxygen atoms in total. The molecule has 0 amide bonds. The van der Waals surface area contributed by atoms with Gasteiger partial charge in [0.1, 0.15) is 0 Å². The molecule has 0 aromatic heterocycles. The van der Waals surface area contributed by atoms with Crippen molar-refractivity contribution in [1.29, 1.82) is 0 Å². The van der Waals surface area contributed by atoms with Crippen molar-refractivity contribution < 1.29 is 5.11 Å². The minimum Gasteiger partial charge on any atom is -0.392 e. The number of hydrogen-bond acceptors (Lipinski definition) is 3. The number of nitrogens with zero attached hydrogens (tertiary/aromatic N) is 1. The van der Waals surface area contributed by atoms with E-state index >= 15 is 0 Å². The van der Waals surface area contributed by atoms with Gasteiger partial charge in [0.05, 0.1) is 6.10 Å². The van der Waals surface area contributed by atoms with Crippen LogP contribution in [0.2, 0.25) is 0 Å². The Balaban J connectivity index is 1.52. The SMILES string of the molecule is O[C@H]1CCN(CCCSCc2ccccc2)C1. The van der Waals surface area contributed by atoms with E-state index in [1.807, 2.05) is 11.8 Å². The maximum atomic E-state index is 9.40. The lowest BCUT2D eigenvalue weighted by Crippen LogP contribution is -2.23. The molecule has 17 heavy (non-hydrogen) atoms. The van der Waals surface area contributed by atoms with Crippen LogP contribution in [0.25, 0.3) is 0 Å². The minimum absolute atomic E-state index is 0.0769. The van der Waals surface area contributed by atoms with E-state index in [-0.39, 0.29) is 6.10 Å². The average molecular weight is 251 g/mol. The summed E-state index contributed by atoms with van der Waals surface area (Å²) in [6, 6.07) is 10.6. The van der Waals surface area contributed by atoms with Gasteiger partial charge in [0.2, 0.25) is 0 Å². The molecule has 1 heterocycles. The fourth-order valence-corrected chi connectivity index (χ4v) is 3.08. The van der Waals surface area contributed by atoms with Crippen LogP contribution in [0.1, 0.15) is 18.4 Å². The lowest BCUT2D eigenvalue weighted by Gasteiger charge is -2.14. The summed E-state index contributed by atoms with van der Waals surface area (Å²) in [7, 11) is 0. The monoisotopic (exact) mass is 251 g/mol. The second kappa shape index (κ2) is 7.04. The second-order valence-corrected chi connectivity index (χ2v) is 5.74. The fraction of sp³-hybridized carbons (Fsp3) is 0.571. The molecule has 0 spiro atoms. The zero-order valence-corrected chi connectivity index (χ0v) is 11.0. The topological polar surface area (TPSA) is 23.5 Å². The van der Waals surface area contributed by atoms with Gasteiger partial charge < -0.3 is 10.0 Å². The number of benzene rings is 1. The summed E-state index contributed by atoms with van der Waals surface area (Å²) in [4.78, 5) is 2.37. The molecular formula is C14H21NOS. The molecule has 1 aromatic rings. The molecule has 1 aliphatic heterocycles. The molecule has 0 unspecified atom stereocenters. The Labute approximate surface area is 108 Å². The van der Waals surface area contributed by atoms with Gasteiger partial charge in [-0.2, -0.15) is 11.8 Å². The van der Waals surface area contributed by atoms with E-state index in [9.17, 15) is 5.11 Å². The highest BCUT2D eigenvalue weighted by molar-refractivity contribution is 7.98. The second-order valence-electron chi connectivity index (χ2n) is 4.63. The highest BCUT2D eigenvalue weighted by Crippen LogP contribution is 2.14. The van der Waals surface area contributed by atoms with Gasteiger partial charge in [0.15, 0.2) is 0 Å². The Morgan fingerprint density at radius 1 is 1.29 bits per heavy atom.